The van der Waals surface area contributed by atoms with Crippen LogP contribution in [0.25, 0.3) is 0 Å². The number of carbonyl (C=O) groups is 1. The third-order valence-electron chi connectivity index (χ3n) is 4.81. The summed E-state index contributed by atoms with van der Waals surface area (Å²) in [5, 5.41) is 0. The molecule has 0 bridgehead atoms. The van der Waals surface area contributed by atoms with E-state index in [1.54, 1.807) is 31.3 Å². The average Bonchev–Trinajstić information content (AvgIpc) is 2.65. The fourth-order valence-corrected chi connectivity index (χ4v) is 4.11. The second-order valence-corrected chi connectivity index (χ2v) is 9.89. The zero-order valence-corrected chi connectivity index (χ0v) is 18.4. The highest BCUT2D eigenvalue weighted by atomic mass is 32.2. The van der Waals surface area contributed by atoms with Crippen molar-refractivity contribution in [1.82, 2.24) is 4.90 Å². The predicted octanol–water partition coefficient (Wildman–Crippen LogP) is 3.97. The Bertz CT molecular complexity index is 912. The number of amides is 1. The molecule has 0 unspecified atom stereocenters. The van der Waals surface area contributed by atoms with Gasteiger partial charge in [0, 0.05) is 13.6 Å². The van der Waals surface area contributed by atoms with Crippen LogP contribution in [0.3, 0.4) is 0 Å². The van der Waals surface area contributed by atoms with Crippen molar-refractivity contribution in [3.05, 3.63) is 59.7 Å². The molecule has 1 amide bonds. The maximum atomic E-state index is 13.4. The Balaban J connectivity index is 2.48. The van der Waals surface area contributed by atoms with Gasteiger partial charge in [-0.2, -0.15) is 0 Å². The lowest BCUT2D eigenvalue weighted by Crippen LogP contribution is -2.41. The molecule has 28 heavy (non-hydrogen) atoms. The standard InChI is InChI=1S/C22H30N2O3S/c1-7-23(6)21(25)16-24(19-12-8-17(2)9-13-19)28(26,27)20-14-10-18(11-15-20)22(3,4)5/h8-15H,7,16H2,1-6H3. The highest BCUT2D eigenvalue weighted by Gasteiger charge is 2.28. The minimum Gasteiger partial charge on any atom is -0.344 e. The number of carbonyl (C=O) groups excluding carboxylic acids is 1. The van der Waals surface area contributed by atoms with Crippen molar-refractivity contribution in [2.24, 2.45) is 0 Å². The highest BCUT2D eigenvalue weighted by Crippen LogP contribution is 2.27. The summed E-state index contributed by atoms with van der Waals surface area (Å²) in [6.07, 6.45) is 0. The van der Waals surface area contributed by atoms with Crippen LogP contribution in [0.1, 0.15) is 38.8 Å². The molecule has 0 aliphatic heterocycles. The van der Waals surface area contributed by atoms with Gasteiger partial charge in [-0.1, -0.05) is 50.6 Å². The van der Waals surface area contributed by atoms with Crippen LogP contribution in [0.4, 0.5) is 5.69 Å². The summed E-state index contributed by atoms with van der Waals surface area (Å²) in [5.41, 5.74) is 2.48. The van der Waals surface area contributed by atoms with Crippen LogP contribution in [0.5, 0.6) is 0 Å². The van der Waals surface area contributed by atoms with Gasteiger partial charge in [0.05, 0.1) is 10.6 Å². The van der Waals surface area contributed by atoms with E-state index in [1.807, 2.05) is 38.1 Å². The van der Waals surface area contributed by atoms with Crippen molar-refractivity contribution in [1.29, 1.82) is 0 Å². The predicted molar refractivity (Wildman–Crippen MR) is 114 cm³/mol. The first-order chi connectivity index (χ1) is 13.0. The van der Waals surface area contributed by atoms with E-state index in [0.717, 1.165) is 11.1 Å². The number of anilines is 1. The zero-order valence-electron chi connectivity index (χ0n) is 17.6. The van der Waals surface area contributed by atoms with E-state index in [-0.39, 0.29) is 22.8 Å². The molecule has 0 radical (unpaired) electrons. The minimum absolute atomic E-state index is 0.0707. The molecule has 0 heterocycles. The molecule has 0 aliphatic rings. The van der Waals surface area contributed by atoms with Gasteiger partial charge in [0.2, 0.25) is 5.91 Å². The Kier molecular flexibility index (Phi) is 6.55. The van der Waals surface area contributed by atoms with Crippen LogP contribution < -0.4 is 4.31 Å². The summed E-state index contributed by atoms with van der Waals surface area (Å²) in [4.78, 5) is 14.2. The Morgan fingerprint density at radius 3 is 1.96 bits per heavy atom. The van der Waals surface area contributed by atoms with E-state index in [0.29, 0.717) is 12.2 Å². The maximum absolute atomic E-state index is 13.4. The number of benzene rings is 2. The molecule has 0 aromatic heterocycles. The van der Waals surface area contributed by atoms with Crippen LogP contribution >= 0.6 is 0 Å². The Hall–Kier alpha value is -2.34. The van der Waals surface area contributed by atoms with E-state index in [4.69, 9.17) is 0 Å². The first-order valence-electron chi connectivity index (χ1n) is 9.40. The lowest BCUT2D eigenvalue weighted by molar-refractivity contribution is -0.128. The summed E-state index contributed by atoms with van der Waals surface area (Å²) in [7, 11) is -2.21. The van der Waals surface area contributed by atoms with Gasteiger partial charge in [-0.3, -0.25) is 9.10 Å². The topological polar surface area (TPSA) is 57.7 Å². The van der Waals surface area contributed by atoms with Crippen molar-refractivity contribution in [2.75, 3.05) is 24.4 Å². The molecule has 152 valence electrons. The number of sulfonamides is 1. The van der Waals surface area contributed by atoms with E-state index in [2.05, 4.69) is 20.8 Å². The molecule has 0 atom stereocenters. The van der Waals surface area contributed by atoms with Crippen LogP contribution in [0.2, 0.25) is 0 Å². The smallest absolute Gasteiger partial charge is 0.264 e. The molecule has 2 aromatic rings. The summed E-state index contributed by atoms with van der Waals surface area (Å²) in [5.74, 6) is -0.252. The van der Waals surface area contributed by atoms with Crippen molar-refractivity contribution >= 4 is 21.6 Å². The van der Waals surface area contributed by atoms with Crippen LogP contribution in [0.15, 0.2) is 53.4 Å². The van der Waals surface area contributed by atoms with Gasteiger partial charge in [0.1, 0.15) is 6.54 Å². The van der Waals surface area contributed by atoms with Gasteiger partial charge < -0.3 is 4.90 Å². The number of hydrogen-bond acceptors (Lipinski definition) is 3. The molecule has 0 spiro atoms. The summed E-state index contributed by atoms with van der Waals surface area (Å²) in [6.45, 7) is 10.3. The molecular weight excluding hydrogens is 372 g/mol. The van der Waals surface area contributed by atoms with Gasteiger partial charge in [0.15, 0.2) is 0 Å². The zero-order chi connectivity index (χ0) is 21.1. The Morgan fingerprint density at radius 1 is 0.964 bits per heavy atom. The molecule has 5 nitrogen and oxygen atoms in total. The largest absolute Gasteiger partial charge is 0.344 e. The molecule has 2 aromatic carbocycles. The van der Waals surface area contributed by atoms with E-state index >= 15 is 0 Å². The van der Waals surface area contributed by atoms with Gasteiger partial charge in [-0.05, 0) is 49.1 Å². The van der Waals surface area contributed by atoms with Crippen LogP contribution in [-0.2, 0) is 20.2 Å². The number of aryl methyl sites for hydroxylation is 1. The monoisotopic (exact) mass is 402 g/mol. The lowest BCUT2D eigenvalue weighted by Gasteiger charge is -2.27. The minimum atomic E-state index is -3.88. The summed E-state index contributed by atoms with van der Waals surface area (Å²) >= 11 is 0. The quantitative estimate of drug-likeness (QED) is 0.735. The molecule has 6 heteroatoms. The van der Waals surface area contributed by atoms with E-state index in [1.165, 1.54) is 9.21 Å². The van der Waals surface area contributed by atoms with E-state index < -0.39 is 10.0 Å². The van der Waals surface area contributed by atoms with Crippen molar-refractivity contribution in [3.8, 4) is 0 Å². The average molecular weight is 403 g/mol. The molecule has 0 aliphatic carbocycles. The normalized spacial score (nSPS) is 11.9. The molecular formula is C22H30N2O3S. The SMILES string of the molecule is CCN(C)C(=O)CN(c1ccc(C)cc1)S(=O)(=O)c1ccc(C(C)(C)C)cc1. The Labute approximate surface area is 169 Å². The highest BCUT2D eigenvalue weighted by molar-refractivity contribution is 7.92. The number of hydrogen-bond donors (Lipinski definition) is 0. The summed E-state index contributed by atoms with van der Waals surface area (Å²) in [6, 6.07) is 14.0. The first-order valence-corrected chi connectivity index (χ1v) is 10.8. The van der Waals surface area contributed by atoms with Crippen molar-refractivity contribution in [2.45, 2.75) is 44.9 Å². The molecule has 0 saturated heterocycles. The van der Waals surface area contributed by atoms with Crippen molar-refractivity contribution < 1.29 is 13.2 Å². The first kappa shape index (κ1) is 22.0. The van der Waals surface area contributed by atoms with Crippen LogP contribution in [-0.4, -0.2) is 39.4 Å². The van der Waals surface area contributed by atoms with Gasteiger partial charge in [-0.25, -0.2) is 8.42 Å². The number of nitrogens with zero attached hydrogens (tertiary/aromatic N) is 2. The molecule has 0 saturated carbocycles. The molecule has 0 fully saturated rings. The lowest BCUT2D eigenvalue weighted by atomic mass is 9.87. The molecule has 0 N–H and O–H groups in total. The summed E-state index contributed by atoms with van der Waals surface area (Å²) < 4.78 is 27.9. The number of likely N-dealkylation sites (N-methyl/N-ethyl adjacent to an activating group) is 1. The van der Waals surface area contributed by atoms with E-state index in [9.17, 15) is 13.2 Å². The van der Waals surface area contributed by atoms with Crippen molar-refractivity contribution in [3.63, 3.8) is 0 Å². The maximum Gasteiger partial charge on any atom is 0.264 e. The second-order valence-electron chi connectivity index (χ2n) is 8.03. The van der Waals surface area contributed by atoms with Gasteiger partial charge >= 0.3 is 0 Å². The van der Waals surface area contributed by atoms with Gasteiger partial charge in [-0.15, -0.1) is 0 Å². The fraction of sp³-hybridized carbons (Fsp3) is 0.409. The third kappa shape index (κ3) is 4.93. The Morgan fingerprint density at radius 2 is 1.50 bits per heavy atom. The fourth-order valence-electron chi connectivity index (χ4n) is 2.70. The van der Waals surface area contributed by atoms with Gasteiger partial charge in [0.25, 0.3) is 10.0 Å². The van der Waals surface area contributed by atoms with Crippen LogP contribution in [0, 0.1) is 6.92 Å². The third-order valence-corrected chi connectivity index (χ3v) is 6.60. The number of rotatable bonds is 6. The molecule has 2 rings (SSSR count). The second kappa shape index (κ2) is 8.35.